The highest BCUT2D eigenvalue weighted by Gasteiger charge is 2.49. The highest BCUT2D eigenvalue weighted by atomic mass is 35.5. The van der Waals surface area contributed by atoms with Gasteiger partial charge in [0.25, 0.3) is 5.91 Å². The molecule has 1 aliphatic heterocycles. The number of nitrogens with one attached hydrogen (secondary N) is 2. The van der Waals surface area contributed by atoms with E-state index in [1.807, 2.05) is 6.07 Å². The Bertz CT molecular complexity index is 1740. The van der Waals surface area contributed by atoms with Crippen LogP contribution in [0, 0.1) is 0 Å². The van der Waals surface area contributed by atoms with Crippen LogP contribution in [0.5, 0.6) is 5.75 Å². The summed E-state index contributed by atoms with van der Waals surface area (Å²) in [6, 6.07) is 17.0. The van der Waals surface area contributed by atoms with Crippen molar-refractivity contribution in [2.75, 3.05) is 19.4 Å². The van der Waals surface area contributed by atoms with Gasteiger partial charge in [-0.3, -0.25) is 9.59 Å². The van der Waals surface area contributed by atoms with E-state index in [2.05, 4.69) is 10.0 Å². The largest absolute Gasteiger partial charge is 0.482 e. The highest BCUT2D eigenvalue weighted by molar-refractivity contribution is 7.88. The van der Waals surface area contributed by atoms with Crippen LogP contribution in [0.4, 0.5) is 0 Å². The van der Waals surface area contributed by atoms with Crippen molar-refractivity contribution in [2.45, 2.75) is 56.1 Å². The van der Waals surface area contributed by atoms with E-state index in [4.69, 9.17) is 33.0 Å². The van der Waals surface area contributed by atoms with Gasteiger partial charge in [-0.1, -0.05) is 72.4 Å². The number of benzene rings is 3. The molecule has 2 amide bonds. The van der Waals surface area contributed by atoms with Crippen molar-refractivity contribution in [1.82, 2.24) is 14.9 Å². The molecule has 244 valence electrons. The van der Waals surface area contributed by atoms with E-state index in [-0.39, 0.29) is 23.4 Å². The minimum atomic E-state index is -3.60. The van der Waals surface area contributed by atoms with E-state index in [9.17, 15) is 22.8 Å². The van der Waals surface area contributed by atoms with Crippen molar-refractivity contribution in [3.63, 3.8) is 0 Å². The number of sulfonamides is 1. The van der Waals surface area contributed by atoms with Gasteiger partial charge in [-0.15, -0.1) is 0 Å². The van der Waals surface area contributed by atoms with Crippen molar-refractivity contribution >= 4 is 51.0 Å². The molecule has 5 rings (SSSR count). The highest BCUT2D eigenvalue weighted by Crippen LogP contribution is 2.47. The van der Waals surface area contributed by atoms with Crippen molar-refractivity contribution in [3.05, 3.63) is 99.0 Å². The van der Waals surface area contributed by atoms with Crippen LogP contribution in [0.2, 0.25) is 10.0 Å². The number of carbonyl (C=O) groups excluding carboxylic acids is 2. The Hall–Kier alpha value is -3.64. The van der Waals surface area contributed by atoms with Gasteiger partial charge >= 0.3 is 5.97 Å². The van der Waals surface area contributed by atoms with Crippen LogP contribution in [0.25, 0.3) is 0 Å². The third-order valence-electron chi connectivity index (χ3n) is 8.37. The minimum Gasteiger partial charge on any atom is -0.482 e. The summed E-state index contributed by atoms with van der Waals surface area (Å²) in [4.78, 5) is 41.2. The number of hydrogen-bond acceptors (Lipinski definition) is 6. The molecule has 13 heteroatoms. The number of rotatable bonds is 11. The SMILES string of the molecule is CS(=O)(=O)N[C@H]1CCCC[C@@H]1N1C(=O)c2ccccc2[C@@H](C(=O)NCCc2cccc(OCC(=O)O)c2)[C@@H]1c1ccc(Cl)cc1Cl. The first kappa shape index (κ1) is 33.7. The summed E-state index contributed by atoms with van der Waals surface area (Å²) >= 11 is 13.0. The van der Waals surface area contributed by atoms with Crippen molar-refractivity contribution in [2.24, 2.45) is 0 Å². The zero-order chi connectivity index (χ0) is 33.0. The second kappa shape index (κ2) is 14.4. The number of nitrogens with zero attached hydrogens (tertiary/aromatic N) is 1. The Morgan fingerprint density at radius 2 is 1.76 bits per heavy atom. The first-order valence-electron chi connectivity index (χ1n) is 15.0. The molecule has 46 heavy (non-hydrogen) atoms. The number of halogens is 2. The van der Waals surface area contributed by atoms with Crippen LogP contribution in [0.15, 0.2) is 66.7 Å². The fourth-order valence-electron chi connectivity index (χ4n) is 6.50. The Kier molecular flexibility index (Phi) is 10.6. The Labute approximate surface area is 278 Å². The lowest BCUT2D eigenvalue weighted by atomic mass is 9.76. The molecule has 1 saturated carbocycles. The maximum absolute atomic E-state index is 14.4. The molecular weight excluding hydrogens is 653 g/mol. The van der Waals surface area contributed by atoms with Crippen LogP contribution in [-0.2, 0) is 26.0 Å². The normalized spacial score (nSPS) is 21.4. The molecule has 2 aliphatic rings. The molecule has 0 unspecified atom stereocenters. The zero-order valence-corrected chi connectivity index (χ0v) is 27.4. The van der Waals surface area contributed by atoms with Gasteiger partial charge in [0.15, 0.2) is 6.61 Å². The van der Waals surface area contributed by atoms with Gasteiger partial charge in [-0.25, -0.2) is 17.9 Å². The lowest BCUT2D eigenvalue weighted by molar-refractivity contribution is -0.139. The van der Waals surface area contributed by atoms with E-state index < -0.39 is 46.6 Å². The summed E-state index contributed by atoms with van der Waals surface area (Å²) in [5, 5.41) is 12.6. The number of amides is 2. The molecule has 4 atom stereocenters. The molecule has 0 bridgehead atoms. The molecule has 1 heterocycles. The van der Waals surface area contributed by atoms with E-state index in [1.165, 1.54) is 0 Å². The maximum atomic E-state index is 14.4. The molecule has 3 aromatic rings. The number of fused-ring (bicyclic) bond motifs is 1. The molecular formula is C33H35Cl2N3O7S. The van der Waals surface area contributed by atoms with Crippen LogP contribution < -0.4 is 14.8 Å². The Morgan fingerprint density at radius 1 is 1.00 bits per heavy atom. The minimum absolute atomic E-state index is 0.247. The van der Waals surface area contributed by atoms with Gasteiger partial charge in [0.05, 0.1) is 18.2 Å². The molecule has 10 nitrogen and oxygen atoms in total. The standard InChI is InChI=1S/C33H35Cl2N3O7S/c1-46(43,44)37-27-11-4-5-12-28(27)38-31(25-14-13-21(34)18-26(25)35)30(23-9-2-3-10-24(23)33(38)42)32(41)36-16-15-20-7-6-8-22(17-20)45-19-29(39)40/h2-3,6-10,13-14,17-18,27-28,30-31,37H,4-5,11-12,15-16,19H2,1H3,(H,36,41)(H,39,40)/t27-,28-,30+,31-/m0/s1. The van der Waals surface area contributed by atoms with E-state index in [0.717, 1.165) is 24.7 Å². The Morgan fingerprint density at radius 3 is 2.50 bits per heavy atom. The average Bonchev–Trinajstić information content (AvgIpc) is 3.00. The van der Waals surface area contributed by atoms with Gasteiger partial charge in [0.2, 0.25) is 15.9 Å². The lowest BCUT2D eigenvalue weighted by Gasteiger charge is -2.49. The van der Waals surface area contributed by atoms with Crippen molar-refractivity contribution in [1.29, 1.82) is 0 Å². The second-order valence-corrected chi connectivity index (χ2v) is 14.2. The van der Waals surface area contributed by atoms with Gasteiger partial charge < -0.3 is 20.1 Å². The first-order chi connectivity index (χ1) is 21.9. The van der Waals surface area contributed by atoms with Crippen LogP contribution in [0.3, 0.4) is 0 Å². The number of carboxylic acid groups (broad SMARTS) is 1. The number of aliphatic carboxylic acids is 1. The van der Waals surface area contributed by atoms with Crippen LogP contribution >= 0.6 is 23.2 Å². The number of ether oxygens (including phenoxy) is 1. The van der Waals surface area contributed by atoms with Gasteiger partial charge in [-0.05, 0) is 66.3 Å². The van der Waals surface area contributed by atoms with Gasteiger partial charge in [0.1, 0.15) is 5.75 Å². The summed E-state index contributed by atoms with van der Waals surface area (Å²) in [6.07, 6.45) is 4.19. The number of hydrogen-bond donors (Lipinski definition) is 3. The van der Waals surface area contributed by atoms with Crippen LogP contribution in [-0.4, -0.2) is 67.7 Å². The number of carboxylic acids is 1. The second-order valence-electron chi connectivity index (χ2n) is 11.6. The third kappa shape index (κ3) is 7.83. The number of carbonyl (C=O) groups is 3. The van der Waals surface area contributed by atoms with Gasteiger partial charge in [0, 0.05) is 34.2 Å². The molecule has 3 N–H and O–H groups in total. The van der Waals surface area contributed by atoms with E-state index in [0.29, 0.717) is 46.7 Å². The molecule has 0 aromatic heterocycles. The van der Waals surface area contributed by atoms with E-state index in [1.54, 1.807) is 65.6 Å². The summed E-state index contributed by atoms with van der Waals surface area (Å²) in [6.45, 7) is -0.219. The van der Waals surface area contributed by atoms with Gasteiger partial charge in [-0.2, -0.15) is 0 Å². The summed E-state index contributed by atoms with van der Waals surface area (Å²) < 4.78 is 32.8. The lowest BCUT2D eigenvalue weighted by Crippen LogP contribution is -2.59. The average molecular weight is 689 g/mol. The zero-order valence-electron chi connectivity index (χ0n) is 25.1. The summed E-state index contributed by atoms with van der Waals surface area (Å²) in [5.41, 5.74) is 2.28. The van der Waals surface area contributed by atoms with E-state index >= 15 is 0 Å². The van der Waals surface area contributed by atoms with Crippen LogP contribution in [0.1, 0.15) is 64.7 Å². The molecule has 1 fully saturated rings. The van der Waals surface area contributed by atoms with Crippen molar-refractivity contribution in [3.8, 4) is 5.75 Å². The molecule has 0 saturated heterocycles. The summed E-state index contributed by atoms with van der Waals surface area (Å²) in [5.74, 6) is -2.19. The summed E-state index contributed by atoms with van der Waals surface area (Å²) in [7, 11) is -3.60. The molecule has 0 spiro atoms. The molecule has 0 radical (unpaired) electrons. The topological polar surface area (TPSA) is 142 Å². The quantitative estimate of drug-likeness (QED) is 0.259. The Balaban J connectivity index is 1.51. The van der Waals surface area contributed by atoms with Crippen molar-refractivity contribution < 1.29 is 32.6 Å². The fourth-order valence-corrected chi connectivity index (χ4v) is 7.85. The fraction of sp³-hybridized carbons (Fsp3) is 0.364. The predicted octanol–water partition coefficient (Wildman–Crippen LogP) is 4.96. The monoisotopic (exact) mass is 687 g/mol. The smallest absolute Gasteiger partial charge is 0.341 e. The predicted molar refractivity (Wildman–Crippen MR) is 175 cm³/mol. The maximum Gasteiger partial charge on any atom is 0.341 e. The first-order valence-corrected chi connectivity index (χ1v) is 17.6. The molecule has 1 aliphatic carbocycles. The third-order valence-corrected chi connectivity index (χ3v) is 9.66. The molecule has 3 aromatic carbocycles.